The molecule has 107 heavy (non-hydrogen) atoms. The largest absolute Gasteiger partial charge is 2.00 e. The van der Waals surface area contributed by atoms with E-state index in [0.717, 1.165) is 94.0 Å². The van der Waals surface area contributed by atoms with E-state index in [1.165, 1.54) is 452 Å². The molecule has 0 atom stereocenters. The van der Waals surface area contributed by atoms with Gasteiger partial charge in [-0.25, -0.2) is 4.70 Å². The minimum atomic E-state index is 0. The smallest absolute Gasteiger partial charge is 0.493 e. The Kier molecular flexibility index (Phi) is 84.4. The fourth-order valence-corrected chi connectivity index (χ4v) is 16.4. The number of nitrogens with zero attached hydrogens (tertiary/aromatic N) is 2. The van der Waals surface area contributed by atoms with E-state index in [9.17, 15) is 5.53 Å². The van der Waals surface area contributed by atoms with Crippen molar-refractivity contribution in [3.8, 4) is 0 Å². The second-order valence-corrected chi connectivity index (χ2v) is 33.7. The van der Waals surface area contributed by atoms with E-state index < -0.39 is 0 Å². The zero-order valence-corrected chi connectivity index (χ0v) is 74.5. The maximum absolute atomic E-state index is 12.1. The summed E-state index contributed by atoms with van der Waals surface area (Å²) in [6.07, 6.45) is 113. The molecule has 0 fully saturated rings. The Hall–Kier alpha value is -2.25. The zero-order chi connectivity index (χ0) is 76.4. The molecule has 0 radical (unpaired) electrons. The predicted molar refractivity (Wildman–Crippen MR) is 483 cm³/mol. The van der Waals surface area contributed by atoms with Crippen molar-refractivity contribution in [1.29, 1.82) is 0 Å². The molecule has 0 bridgehead atoms. The summed E-state index contributed by atoms with van der Waals surface area (Å²) in [5.74, 6) is 0. The normalized spacial score (nSPS) is 12.2. The number of hydrogen-bond donors (Lipinski definition) is 0. The van der Waals surface area contributed by atoms with Crippen LogP contribution in [0.25, 0.3) is 16.9 Å². The van der Waals surface area contributed by atoms with Gasteiger partial charge < -0.3 is 19.4 Å². The molecule has 0 saturated heterocycles. The summed E-state index contributed by atoms with van der Waals surface area (Å²) in [7, 11) is 0. The molecule has 2 aromatic rings. The Labute approximate surface area is 683 Å². The number of aryl methyl sites for hydroxylation is 2. The van der Waals surface area contributed by atoms with E-state index in [4.69, 9.17) is 0 Å². The molecule has 0 N–H and O–H groups in total. The summed E-state index contributed by atoms with van der Waals surface area (Å²) in [6.45, 7) is 21.4. The van der Waals surface area contributed by atoms with Crippen molar-refractivity contribution < 1.29 is 21.2 Å². The van der Waals surface area contributed by atoms with E-state index in [-0.39, 0.29) is 16.5 Å². The molecule has 3 rings (SSSR count). The maximum Gasteiger partial charge on any atom is 2.00 e. The number of allylic oxidation sites excluding steroid dienone is 4. The van der Waals surface area contributed by atoms with Gasteiger partial charge in [0.05, 0.1) is 0 Å². The fraction of sp³-hybridized carbons (Fsp3) is 0.808. The van der Waals surface area contributed by atoms with Crippen molar-refractivity contribution in [2.24, 2.45) is 0 Å². The molecule has 1 heterocycles. The van der Waals surface area contributed by atoms with Gasteiger partial charge in [-0.1, -0.05) is 507 Å². The van der Waals surface area contributed by atoms with Gasteiger partial charge in [-0.2, -0.15) is 12.8 Å². The molecule has 0 aromatic heterocycles. The van der Waals surface area contributed by atoms with Gasteiger partial charge in [-0.15, -0.1) is 0 Å². The van der Waals surface area contributed by atoms with E-state index in [2.05, 4.69) is 116 Å². The molecule has 0 spiro atoms. The zero-order valence-electron chi connectivity index (χ0n) is 73.6. The average molecular weight is 1530 g/mol. The molecule has 0 aliphatic carbocycles. The molecule has 0 unspecified atom stereocenters. The molecule has 0 amide bonds. The Balaban J connectivity index is 0.00000183. The van der Waals surface area contributed by atoms with E-state index >= 15 is 0 Å². The van der Waals surface area contributed by atoms with Crippen LogP contribution < -0.4 is 0 Å². The van der Waals surface area contributed by atoms with Crippen molar-refractivity contribution in [2.75, 3.05) is 0 Å². The summed E-state index contributed by atoms with van der Waals surface area (Å²) in [4.78, 5) is 0. The van der Waals surface area contributed by atoms with Crippen LogP contribution in [-0.2, 0) is 29.3 Å². The van der Waals surface area contributed by atoms with E-state index in [1.807, 2.05) is 0 Å². The standard InChI is InChI=1S/C54H86N2.2C25H51.Ni/c1-5-9-13-15-16-17-18-19-20-21-22-23-24-25-26-27-28-29-30-31-32-33-37-47-43-45-49(46-44-47)53-51(40-11-7-3)52(41-12-8-4)54(56(53)55)50-42-36-35-39-48(50)38-34-14-10-6-2;2*1-3-5-7-9-11-13-15-17-19-21-23-25-24-22-20-18-16-14-12-10-8-6-4-2;/h6,10,35-36,39,42-46H,5,7-9,11-34,37-38,40-41H2,1-4H3;2*1,3-25H2,2H3;/q;2*-1;+2. The Morgan fingerprint density at radius 1 is 0.271 bits per heavy atom. The van der Waals surface area contributed by atoms with Crippen LogP contribution in [0.2, 0.25) is 0 Å². The third-order valence-electron chi connectivity index (χ3n) is 23.5. The Bertz CT molecular complexity index is 2110. The monoisotopic (exact) mass is 1520 g/mol. The number of unbranched alkanes of at least 4 members (excludes halogenated alkanes) is 68. The first kappa shape index (κ1) is 105. The minimum absolute atomic E-state index is 0. The van der Waals surface area contributed by atoms with Crippen LogP contribution in [-0.4, -0.2) is 4.70 Å². The van der Waals surface area contributed by atoms with Gasteiger partial charge in [-0.05, 0) is 94.0 Å². The number of hydrogen-bond acceptors (Lipinski definition) is 0. The van der Waals surface area contributed by atoms with Gasteiger partial charge in [0, 0.05) is 22.3 Å². The van der Waals surface area contributed by atoms with Crippen LogP contribution in [0.4, 0.5) is 0 Å². The molecule has 3 heteroatoms. The first-order valence-corrected chi connectivity index (χ1v) is 48.8. The van der Waals surface area contributed by atoms with Crippen LogP contribution >= 0.6 is 0 Å². The minimum Gasteiger partial charge on any atom is -0.493 e. The van der Waals surface area contributed by atoms with Gasteiger partial charge in [-0.3, -0.25) is 0 Å². The molecule has 1 aliphatic rings. The second kappa shape index (κ2) is 86.2. The Morgan fingerprint density at radius 3 is 0.794 bits per heavy atom. The van der Waals surface area contributed by atoms with Crippen molar-refractivity contribution in [1.82, 2.24) is 0 Å². The molecule has 2 nitrogen and oxygen atoms in total. The fourth-order valence-electron chi connectivity index (χ4n) is 16.4. The average Bonchev–Trinajstić information content (AvgIpc) is 1.61. The van der Waals surface area contributed by atoms with E-state index in [0.29, 0.717) is 0 Å². The van der Waals surface area contributed by atoms with Crippen LogP contribution in [0.1, 0.15) is 552 Å². The van der Waals surface area contributed by atoms with Crippen molar-refractivity contribution >= 4 is 11.4 Å². The van der Waals surface area contributed by atoms with Crippen LogP contribution in [0.5, 0.6) is 0 Å². The van der Waals surface area contributed by atoms with Gasteiger partial charge in [0.2, 0.25) is 11.4 Å². The summed E-state index contributed by atoms with van der Waals surface area (Å²) >= 11 is 0. The summed E-state index contributed by atoms with van der Waals surface area (Å²) < 4.78 is 1.58. The van der Waals surface area contributed by atoms with Crippen LogP contribution in [0.3, 0.4) is 0 Å². The van der Waals surface area contributed by atoms with E-state index in [1.54, 1.807) is 4.70 Å². The topological polar surface area (TPSA) is 25.3 Å². The first-order valence-electron chi connectivity index (χ1n) is 48.8. The summed E-state index contributed by atoms with van der Waals surface area (Å²) in [5, 5.41) is 0. The van der Waals surface area contributed by atoms with Crippen molar-refractivity contribution in [3.63, 3.8) is 0 Å². The molecule has 0 saturated carbocycles. The molecule has 1 aliphatic heterocycles. The van der Waals surface area contributed by atoms with Gasteiger partial charge >= 0.3 is 16.5 Å². The van der Waals surface area contributed by atoms with Crippen molar-refractivity contribution in [2.45, 2.75) is 542 Å². The number of benzene rings is 2. The molecule has 624 valence electrons. The van der Waals surface area contributed by atoms with Crippen LogP contribution in [0, 0.1) is 13.8 Å². The third kappa shape index (κ3) is 64.8. The molecular weight excluding hydrogens is 1340 g/mol. The van der Waals surface area contributed by atoms with Crippen LogP contribution in [0.15, 0.2) is 71.8 Å². The predicted octanol–water partition coefficient (Wildman–Crippen LogP) is 37.9. The summed E-state index contributed by atoms with van der Waals surface area (Å²) in [6, 6.07) is 18.0. The first-order chi connectivity index (χ1) is 52.5. The Morgan fingerprint density at radius 2 is 0.523 bits per heavy atom. The quantitative estimate of drug-likeness (QED) is 0.0207. The van der Waals surface area contributed by atoms with Gasteiger partial charge in [0.1, 0.15) is 0 Å². The van der Waals surface area contributed by atoms with Crippen molar-refractivity contribution in [3.05, 3.63) is 113 Å². The molecule has 2 aromatic carbocycles. The SMILES string of the molecule is CC=CCCCc1ccccc1C1=C(CCCC)C(CCCC)=C(c2ccc(CCCCCCCCCCCCCCCCCCCCCCCC)cc2)[N+]1=[N-].[CH2-]CCCCCCCCCCCCCCCCCCCCCCCC.[CH2-]CCCCCCCCCCCCCCCCCCCCCCCC.[Ni+2]. The number of rotatable bonds is 79. The van der Waals surface area contributed by atoms with Gasteiger partial charge in [0.25, 0.3) is 0 Å². The second-order valence-electron chi connectivity index (χ2n) is 33.7. The summed E-state index contributed by atoms with van der Waals surface area (Å²) in [5.41, 5.74) is 22.0. The maximum atomic E-state index is 12.1. The van der Waals surface area contributed by atoms with Gasteiger partial charge in [0.15, 0.2) is 0 Å². The molecular formula is C104H188N2Ni. The third-order valence-corrected chi connectivity index (χ3v) is 23.5.